The summed E-state index contributed by atoms with van der Waals surface area (Å²) in [5.41, 5.74) is 1.69. The molecular weight excluding hydrogens is 340 g/mol. The van der Waals surface area contributed by atoms with E-state index >= 15 is 0 Å². The Morgan fingerprint density at radius 3 is 2.60 bits per heavy atom. The van der Waals surface area contributed by atoms with Crippen LogP contribution in [0.1, 0.15) is 29.8 Å². The minimum absolute atomic E-state index is 0.0250. The second-order valence-corrected chi connectivity index (χ2v) is 5.67. The zero-order valence-electron chi connectivity index (χ0n) is 11.2. The summed E-state index contributed by atoms with van der Waals surface area (Å²) in [6.07, 6.45) is 0.848. The van der Waals surface area contributed by atoms with Gasteiger partial charge in [0.25, 0.3) is 0 Å². The number of rotatable bonds is 4. The number of carbonyl (C=O) groups excluding carboxylic acids is 1. The molecule has 4 heteroatoms. The smallest absolute Gasteiger partial charge is 0.159 e. The molecule has 0 radical (unpaired) electrons. The molecule has 0 atom stereocenters. The van der Waals surface area contributed by atoms with Crippen molar-refractivity contribution < 1.29 is 9.53 Å². The van der Waals surface area contributed by atoms with E-state index in [2.05, 4.69) is 15.9 Å². The molecule has 0 saturated heterocycles. The Morgan fingerprint density at radius 1 is 1.25 bits per heavy atom. The third-order valence-corrected chi connectivity index (χ3v) is 3.95. The average Bonchev–Trinajstić information content (AvgIpc) is 2.42. The number of hydrogen-bond acceptors (Lipinski definition) is 2. The lowest BCUT2D eigenvalue weighted by molar-refractivity contribution is 0.101. The summed E-state index contributed by atoms with van der Waals surface area (Å²) in [4.78, 5) is 11.3. The molecule has 20 heavy (non-hydrogen) atoms. The average molecular weight is 354 g/mol. The molecule has 104 valence electrons. The van der Waals surface area contributed by atoms with Crippen LogP contribution >= 0.6 is 27.5 Å². The lowest BCUT2D eigenvalue weighted by Gasteiger charge is -2.10. The Morgan fingerprint density at radius 2 is 2.00 bits per heavy atom. The first-order chi connectivity index (χ1) is 9.51. The number of hydrogen-bond donors (Lipinski definition) is 0. The van der Waals surface area contributed by atoms with Crippen LogP contribution < -0.4 is 4.74 Å². The highest BCUT2D eigenvalue weighted by molar-refractivity contribution is 9.10. The van der Waals surface area contributed by atoms with Crippen molar-refractivity contribution in [1.82, 2.24) is 0 Å². The molecule has 0 heterocycles. The van der Waals surface area contributed by atoms with Crippen molar-refractivity contribution in [2.75, 3.05) is 0 Å². The van der Waals surface area contributed by atoms with E-state index < -0.39 is 0 Å². The van der Waals surface area contributed by atoms with Gasteiger partial charge in [-0.25, -0.2) is 0 Å². The van der Waals surface area contributed by atoms with Crippen LogP contribution in [0.25, 0.3) is 0 Å². The van der Waals surface area contributed by atoms with E-state index in [-0.39, 0.29) is 5.78 Å². The fraction of sp³-hybridized carbons (Fsp3) is 0.188. The number of ketones is 1. The molecule has 0 aliphatic rings. The van der Waals surface area contributed by atoms with Crippen molar-refractivity contribution in [3.63, 3.8) is 0 Å². The molecule has 0 amide bonds. The molecule has 0 aromatic heterocycles. The third kappa shape index (κ3) is 3.41. The summed E-state index contributed by atoms with van der Waals surface area (Å²) in [5, 5.41) is 0.742. The summed E-state index contributed by atoms with van der Waals surface area (Å²) < 4.78 is 6.57. The fourth-order valence-electron chi connectivity index (χ4n) is 1.82. The minimum atomic E-state index is 0.0250. The summed E-state index contributed by atoms with van der Waals surface area (Å²) >= 11 is 9.50. The van der Waals surface area contributed by atoms with Gasteiger partial charge in [-0.3, -0.25) is 4.79 Å². The summed E-state index contributed by atoms with van der Waals surface area (Å²) in [6, 6.07) is 10.9. The van der Waals surface area contributed by atoms with E-state index in [4.69, 9.17) is 16.3 Å². The number of benzene rings is 2. The van der Waals surface area contributed by atoms with E-state index in [0.29, 0.717) is 11.3 Å². The minimum Gasteiger partial charge on any atom is -0.456 e. The number of carbonyl (C=O) groups is 1. The van der Waals surface area contributed by atoms with Crippen molar-refractivity contribution in [3.05, 3.63) is 57.0 Å². The molecule has 0 saturated carbocycles. The second kappa shape index (κ2) is 6.42. The lowest BCUT2D eigenvalue weighted by Crippen LogP contribution is -1.93. The quantitative estimate of drug-likeness (QED) is 0.663. The molecule has 0 spiro atoms. The molecule has 0 unspecified atom stereocenters. The van der Waals surface area contributed by atoms with Gasteiger partial charge in [-0.15, -0.1) is 0 Å². The van der Waals surface area contributed by atoms with Crippen LogP contribution in [0.4, 0.5) is 0 Å². The Balaban J connectivity index is 2.28. The molecule has 2 aromatic rings. The van der Waals surface area contributed by atoms with Gasteiger partial charge in [0.1, 0.15) is 11.5 Å². The zero-order valence-corrected chi connectivity index (χ0v) is 13.6. The standard InChI is InChI=1S/C16H14BrClO2/c1-3-11-8-13(5-6-15(11)18)20-16-7-4-12(10(2)19)9-14(16)17/h4-9H,3H2,1-2H3. The van der Waals surface area contributed by atoms with E-state index in [1.807, 2.05) is 25.1 Å². The second-order valence-electron chi connectivity index (χ2n) is 4.41. The van der Waals surface area contributed by atoms with E-state index in [0.717, 1.165) is 27.2 Å². The highest BCUT2D eigenvalue weighted by atomic mass is 79.9. The van der Waals surface area contributed by atoms with Crippen molar-refractivity contribution in [2.24, 2.45) is 0 Å². The molecule has 2 nitrogen and oxygen atoms in total. The van der Waals surface area contributed by atoms with Crippen molar-refractivity contribution in [2.45, 2.75) is 20.3 Å². The van der Waals surface area contributed by atoms with Crippen molar-refractivity contribution >= 4 is 33.3 Å². The summed E-state index contributed by atoms with van der Waals surface area (Å²) in [6.45, 7) is 3.58. The normalized spacial score (nSPS) is 10.4. The molecule has 0 N–H and O–H groups in total. The van der Waals surface area contributed by atoms with Crippen molar-refractivity contribution in [3.8, 4) is 11.5 Å². The van der Waals surface area contributed by atoms with Gasteiger partial charge in [0, 0.05) is 10.6 Å². The molecule has 2 aromatic carbocycles. The third-order valence-electron chi connectivity index (χ3n) is 2.96. The molecule has 0 aliphatic carbocycles. The maximum atomic E-state index is 11.3. The van der Waals surface area contributed by atoms with Crippen LogP contribution in [-0.4, -0.2) is 5.78 Å². The van der Waals surface area contributed by atoms with Gasteiger partial charge in [0.15, 0.2) is 5.78 Å². The first kappa shape index (κ1) is 15.1. The summed E-state index contributed by atoms with van der Waals surface area (Å²) in [7, 11) is 0. The maximum absolute atomic E-state index is 11.3. The van der Waals surface area contributed by atoms with Gasteiger partial charge in [-0.2, -0.15) is 0 Å². The highest BCUT2D eigenvalue weighted by Crippen LogP contribution is 2.32. The molecule has 0 fully saturated rings. The van der Waals surface area contributed by atoms with Gasteiger partial charge in [-0.1, -0.05) is 18.5 Å². The number of aryl methyl sites for hydroxylation is 1. The topological polar surface area (TPSA) is 26.3 Å². The first-order valence-corrected chi connectivity index (χ1v) is 7.45. The van der Waals surface area contributed by atoms with E-state index in [1.165, 1.54) is 6.92 Å². The predicted octanol–water partition coefficient (Wildman–Crippen LogP) is 5.66. The molecular formula is C16H14BrClO2. The van der Waals surface area contributed by atoms with Crippen LogP contribution in [0.15, 0.2) is 40.9 Å². The van der Waals surface area contributed by atoms with Crippen LogP contribution in [-0.2, 0) is 6.42 Å². The Hall–Kier alpha value is -1.32. The van der Waals surface area contributed by atoms with Gasteiger partial charge < -0.3 is 4.74 Å². The SMILES string of the molecule is CCc1cc(Oc2ccc(C(C)=O)cc2Br)ccc1Cl. The summed E-state index contributed by atoms with van der Waals surface area (Å²) in [5.74, 6) is 1.42. The monoisotopic (exact) mass is 352 g/mol. The van der Waals surface area contributed by atoms with E-state index in [9.17, 15) is 4.79 Å². The molecule has 0 aliphatic heterocycles. The maximum Gasteiger partial charge on any atom is 0.159 e. The van der Waals surface area contributed by atoms with Crippen LogP contribution in [0, 0.1) is 0 Å². The van der Waals surface area contributed by atoms with Crippen LogP contribution in [0.2, 0.25) is 5.02 Å². The number of Topliss-reactive ketones (excluding diaryl/α,β-unsaturated/α-hetero) is 1. The van der Waals surface area contributed by atoms with Crippen LogP contribution in [0.3, 0.4) is 0 Å². The zero-order chi connectivity index (χ0) is 14.7. The first-order valence-electron chi connectivity index (χ1n) is 6.28. The Kier molecular flexibility index (Phi) is 4.84. The fourth-order valence-corrected chi connectivity index (χ4v) is 2.53. The van der Waals surface area contributed by atoms with Gasteiger partial charge in [0.2, 0.25) is 0 Å². The largest absolute Gasteiger partial charge is 0.456 e. The number of halogens is 2. The molecule has 0 bridgehead atoms. The highest BCUT2D eigenvalue weighted by Gasteiger charge is 2.08. The number of ether oxygens (including phenoxy) is 1. The Bertz CT molecular complexity index is 653. The van der Waals surface area contributed by atoms with Crippen molar-refractivity contribution in [1.29, 1.82) is 0 Å². The lowest BCUT2D eigenvalue weighted by atomic mass is 10.1. The van der Waals surface area contributed by atoms with Crippen LogP contribution in [0.5, 0.6) is 11.5 Å². The van der Waals surface area contributed by atoms with Gasteiger partial charge in [0.05, 0.1) is 4.47 Å². The molecule has 2 rings (SSSR count). The predicted molar refractivity (Wildman–Crippen MR) is 85.1 cm³/mol. The van der Waals surface area contributed by atoms with E-state index in [1.54, 1.807) is 18.2 Å². The van der Waals surface area contributed by atoms with Gasteiger partial charge >= 0.3 is 0 Å². The Labute approximate surface area is 131 Å². The van der Waals surface area contributed by atoms with Gasteiger partial charge in [-0.05, 0) is 71.2 Å².